The number of likely N-dealkylation sites (N-methyl/N-ethyl adjacent to an activating group) is 1. The van der Waals surface area contributed by atoms with Crippen molar-refractivity contribution in [3.63, 3.8) is 0 Å². The first-order valence-electron chi connectivity index (χ1n) is 13.4. The Labute approximate surface area is 218 Å². The first kappa shape index (κ1) is 27.2. The van der Waals surface area contributed by atoms with Gasteiger partial charge in [0, 0.05) is 37.2 Å². The van der Waals surface area contributed by atoms with Crippen molar-refractivity contribution in [3.05, 3.63) is 53.7 Å². The van der Waals surface area contributed by atoms with Gasteiger partial charge in [-0.05, 0) is 75.9 Å². The molecule has 1 aromatic carbocycles. The molecule has 1 aliphatic heterocycles. The Morgan fingerprint density at radius 1 is 1.11 bits per heavy atom. The van der Waals surface area contributed by atoms with E-state index in [-0.39, 0.29) is 41.8 Å². The van der Waals surface area contributed by atoms with E-state index in [9.17, 15) is 14.0 Å². The summed E-state index contributed by atoms with van der Waals surface area (Å²) in [4.78, 5) is 34.8. The van der Waals surface area contributed by atoms with Gasteiger partial charge >= 0.3 is 0 Å². The van der Waals surface area contributed by atoms with Gasteiger partial charge in [-0.3, -0.25) is 9.59 Å². The lowest BCUT2D eigenvalue weighted by molar-refractivity contribution is -0.141. The number of amides is 1. The maximum Gasteiger partial charge on any atom is 0.226 e. The number of benzene rings is 1. The highest BCUT2D eigenvalue weighted by molar-refractivity contribution is 5.90. The lowest BCUT2D eigenvalue weighted by Gasteiger charge is -2.35. The first-order valence-corrected chi connectivity index (χ1v) is 13.4. The molecule has 8 heteroatoms. The Morgan fingerprint density at radius 2 is 1.81 bits per heavy atom. The van der Waals surface area contributed by atoms with Crippen molar-refractivity contribution in [1.29, 1.82) is 0 Å². The van der Waals surface area contributed by atoms with Gasteiger partial charge in [0.05, 0.1) is 18.3 Å². The van der Waals surface area contributed by atoms with E-state index in [2.05, 4.69) is 10.3 Å². The van der Waals surface area contributed by atoms with Crippen LogP contribution in [0.3, 0.4) is 0 Å². The Bertz CT molecular complexity index is 1090. The second-order valence-corrected chi connectivity index (χ2v) is 10.5. The number of halogens is 2. The predicted octanol–water partition coefficient (Wildman–Crippen LogP) is 5.55. The van der Waals surface area contributed by atoms with Crippen molar-refractivity contribution >= 4 is 23.2 Å². The molecular weight excluding hydrogens is 474 g/mol. The number of Topliss-reactive ketones (excluding diaryl/α,β-unsaturated/α-hetero) is 1. The fraction of sp³-hybridized carbons (Fsp3) is 0.552. The Balaban J connectivity index is 1.60. The van der Waals surface area contributed by atoms with Gasteiger partial charge in [0.15, 0.2) is 0 Å². The summed E-state index contributed by atoms with van der Waals surface area (Å²) in [5.41, 5.74) is 1.16. The lowest BCUT2D eigenvalue weighted by Crippen LogP contribution is -2.42. The Hall–Kier alpha value is -2.87. The molecule has 2 heterocycles. The first-order chi connectivity index (χ1) is 17.8. The van der Waals surface area contributed by atoms with Crippen LogP contribution in [-0.2, 0) is 9.59 Å². The predicted molar refractivity (Wildman–Crippen MR) is 141 cm³/mol. The van der Waals surface area contributed by atoms with Crippen LogP contribution in [0.5, 0.6) is 0 Å². The molecule has 2 fully saturated rings. The van der Waals surface area contributed by atoms with E-state index < -0.39 is 11.9 Å². The van der Waals surface area contributed by atoms with Crippen molar-refractivity contribution in [2.24, 2.45) is 11.8 Å². The molecule has 2 aromatic rings. The van der Waals surface area contributed by atoms with Gasteiger partial charge in [0.1, 0.15) is 23.2 Å². The standard InChI is InChI=1S/C29H38F2N4O2/c1-19(32-2)27(36)16-23(20-8-5-4-6-9-20)29(37)35-15-7-10-26(35)24-17-28(33-18-25(24)31)34(3)22-13-11-21(30)12-14-22/h11-14,17-20,23,26,32H,4-10,15-16H2,1-3H3/t19-,23-,26-/m0/s1. The Morgan fingerprint density at radius 3 is 2.49 bits per heavy atom. The van der Waals surface area contributed by atoms with Crippen molar-refractivity contribution in [3.8, 4) is 0 Å². The molecule has 6 nitrogen and oxygen atoms in total. The van der Waals surface area contributed by atoms with Crippen LogP contribution in [0, 0.1) is 23.5 Å². The van der Waals surface area contributed by atoms with Crippen molar-refractivity contribution in [1.82, 2.24) is 15.2 Å². The number of nitrogens with one attached hydrogen (secondary N) is 1. The van der Waals surface area contributed by atoms with Gasteiger partial charge in [-0.25, -0.2) is 13.8 Å². The van der Waals surface area contributed by atoms with Crippen molar-refractivity contribution in [2.45, 2.75) is 70.4 Å². The van der Waals surface area contributed by atoms with Crippen molar-refractivity contribution < 1.29 is 18.4 Å². The van der Waals surface area contributed by atoms with Crippen LogP contribution in [-0.4, -0.2) is 48.3 Å². The average Bonchev–Trinajstić information content (AvgIpc) is 3.41. The number of ketones is 1. The number of hydrogen-bond acceptors (Lipinski definition) is 5. The summed E-state index contributed by atoms with van der Waals surface area (Å²) in [6.45, 7) is 2.38. The van der Waals surface area contributed by atoms with Gasteiger partial charge in [0.25, 0.3) is 0 Å². The molecule has 1 N–H and O–H groups in total. The SMILES string of the molecule is CN[C@@H](C)C(=O)C[C@H](C(=O)N1CCC[C@H]1c1cc(N(C)c2ccc(F)cc2)ncc1F)C1CCCCC1. The number of carbonyl (C=O) groups excluding carboxylic acids is 2. The molecule has 1 aliphatic carbocycles. The molecule has 1 amide bonds. The highest BCUT2D eigenvalue weighted by Crippen LogP contribution is 2.40. The van der Waals surface area contributed by atoms with Crippen LogP contribution in [0.2, 0.25) is 0 Å². The van der Waals surface area contributed by atoms with E-state index in [0.29, 0.717) is 24.3 Å². The topological polar surface area (TPSA) is 65.5 Å². The van der Waals surface area contributed by atoms with Gasteiger partial charge in [-0.15, -0.1) is 0 Å². The van der Waals surface area contributed by atoms with Gasteiger partial charge in [-0.1, -0.05) is 19.3 Å². The average molecular weight is 513 g/mol. The summed E-state index contributed by atoms with van der Waals surface area (Å²) in [5.74, 6) is -0.455. The number of aromatic nitrogens is 1. The van der Waals surface area contributed by atoms with E-state index in [0.717, 1.165) is 44.2 Å². The minimum absolute atomic E-state index is 0.0318. The number of anilines is 2. The molecule has 37 heavy (non-hydrogen) atoms. The summed E-state index contributed by atoms with van der Waals surface area (Å²) in [6, 6.07) is 7.00. The normalized spacial score (nSPS) is 20.0. The maximum atomic E-state index is 15.2. The number of nitrogens with zero attached hydrogens (tertiary/aromatic N) is 3. The van der Waals surface area contributed by atoms with Crippen LogP contribution < -0.4 is 10.2 Å². The monoisotopic (exact) mass is 512 g/mol. The molecule has 4 rings (SSSR count). The molecule has 2 aliphatic rings. The zero-order valence-corrected chi connectivity index (χ0v) is 22.1. The smallest absolute Gasteiger partial charge is 0.226 e. The zero-order valence-electron chi connectivity index (χ0n) is 22.1. The second kappa shape index (κ2) is 12.1. The summed E-state index contributed by atoms with van der Waals surface area (Å²) >= 11 is 0. The third-order valence-electron chi connectivity index (χ3n) is 8.20. The molecule has 200 valence electrons. The van der Waals surface area contributed by atoms with Crippen LogP contribution in [0.25, 0.3) is 0 Å². The molecule has 1 saturated carbocycles. The summed E-state index contributed by atoms with van der Waals surface area (Å²) in [7, 11) is 3.55. The third-order valence-corrected chi connectivity index (χ3v) is 8.20. The highest BCUT2D eigenvalue weighted by Gasteiger charge is 2.40. The van der Waals surface area contributed by atoms with E-state index >= 15 is 4.39 Å². The van der Waals surface area contributed by atoms with Gasteiger partial charge < -0.3 is 15.1 Å². The Kier molecular flexibility index (Phi) is 8.90. The summed E-state index contributed by atoms with van der Waals surface area (Å²) in [6.07, 6.45) is 8.06. The van der Waals surface area contributed by atoms with E-state index in [1.807, 2.05) is 6.92 Å². The molecular formula is C29H38F2N4O2. The second-order valence-electron chi connectivity index (χ2n) is 10.5. The zero-order chi connectivity index (χ0) is 26.5. The van der Waals surface area contributed by atoms with Gasteiger partial charge in [0.2, 0.25) is 5.91 Å². The lowest BCUT2D eigenvalue weighted by atomic mass is 9.76. The fourth-order valence-corrected chi connectivity index (χ4v) is 5.79. The molecule has 0 bridgehead atoms. The van der Waals surface area contributed by atoms with Crippen LogP contribution in [0.15, 0.2) is 36.5 Å². The minimum atomic E-state index is -0.449. The van der Waals surface area contributed by atoms with E-state index in [1.54, 1.807) is 42.1 Å². The summed E-state index contributed by atoms with van der Waals surface area (Å²) in [5, 5.41) is 3.00. The number of likely N-dealkylation sites (tertiary alicyclic amines) is 1. The quantitative estimate of drug-likeness (QED) is 0.477. The minimum Gasteiger partial charge on any atom is -0.335 e. The molecule has 1 aromatic heterocycles. The van der Waals surface area contributed by atoms with Crippen molar-refractivity contribution in [2.75, 3.05) is 25.5 Å². The van der Waals surface area contributed by atoms with E-state index in [1.165, 1.54) is 18.3 Å². The van der Waals surface area contributed by atoms with Gasteiger partial charge in [-0.2, -0.15) is 0 Å². The molecule has 0 spiro atoms. The largest absolute Gasteiger partial charge is 0.335 e. The number of hydrogen-bond donors (Lipinski definition) is 1. The number of rotatable bonds is 9. The van der Waals surface area contributed by atoms with Crippen LogP contribution in [0.4, 0.5) is 20.3 Å². The van der Waals surface area contributed by atoms with E-state index in [4.69, 9.17) is 0 Å². The van der Waals surface area contributed by atoms with Crippen LogP contribution >= 0.6 is 0 Å². The molecule has 0 unspecified atom stereocenters. The van der Waals surface area contributed by atoms with Crippen LogP contribution in [0.1, 0.15) is 69.9 Å². The number of pyridine rings is 1. The maximum absolute atomic E-state index is 15.2. The molecule has 3 atom stereocenters. The molecule has 0 radical (unpaired) electrons. The highest BCUT2D eigenvalue weighted by atomic mass is 19.1. The molecule has 1 saturated heterocycles. The third kappa shape index (κ3) is 6.17. The fourth-order valence-electron chi connectivity index (χ4n) is 5.79. The summed E-state index contributed by atoms with van der Waals surface area (Å²) < 4.78 is 28.6. The number of carbonyl (C=O) groups is 2.